The molecule has 0 bridgehead atoms. The Kier molecular flexibility index (Phi) is 6.96. The second-order valence-electron chi connectivity index (χ2n) is 8.26. The van der Waals surface area contributed by atoms with Gasteiger partial charge in [0.2, 0.25) is 0 Å². The molecule has 0 aliphatic carbocycles. The first-order valence-electron chi connectivity index (χ1n) is 11.5. The number of hydrogen-bond acceptors (Lipinski definition) is 4. The van der Waals surface area contributed by atoms with E-state index in [1.54, 1.807) is 78.9 Å². The lowest BCUT2D eigenvalue weighted by atomic mass is 10.0. The largest absolute Gasteiger partial charge is 0.488 e. The number of rotatable bonds is 6. The maximum Gasteiger partial charge on any atom is 0.343 e. The number of ether oxygens (including phenoxy) is 1. The van der Waals surface area contributed by atoms with Crippen molar-refractivity contribution in [2.45, 2.75) is 6.61 Å². The number of carbonyl (C=O) groups is 3. The van der Waals surface area contributed by atoms with Crippen LogP contribution in [-0.4, -0.2) is 17.8 Å². The highest BCUT2D eigenvalue weighted by molar-refractivity contribution is 9.10. The molecule has 0 unspecified atom stereocenters. The van der Waals surface area contributed by atoms with Gasteiger partial charge in [-0.05, 0) is 69.5 Å². The van der Waals surface area contributed by atoms with Gasteiger partial charge < -0.3 is 4.74 Å². The summed E-state index contributed by atoms with van der Waals surface area (Å²) in [5, 5.41) is 0. The normalized spacial score (nSPS) is 13.6. The number of nitrogens with zero attached hydrogens (tertiary/aromatic N) is 2. The highest BCUT2D eigenvalue weighted by atomic mass is 79.9. The summed E-state index contributed by atoms with van der Waals surface area (Å²) < 4.78 is 6.58. The summed E-state index contributed by atoms with van der Waals surface area (Å²) in [4.78, 5) is 42.4. The van der Waals surface area contributed by atoms with Gasteiger partial charge in [0.25, 0.3) is 11.8 Å². The van der Waals surface area contributed by atoms with Crippen molar-refractivity contribution < 1.29 is 19.1 Å². The summed E-state index contributed by atoms with van der Waals surface area (Å²) in [6.45, 7) is 0.400. The van der Waals surface area contributed by atoms with Gasteiger partial charge in [-0.15, -0.1) is 0 Å². The molecule has 1 aliphatic heterocycles. The average molecular weight is 553 g/mol. The van der Waals surface area contributed by atoms with Crippen LogP contribution in [0.2, 0.25) is 0 Å². The lowest BCUT2D eigenvalue weighted by Gasteiger charge is -2.33. The maximum atomic E-state index is 13.5. The first-order chi connectivity index (χ1) is 18.0. The number of hydrogen-bond donors (Lipinski definition) is 0. The summed E-state index contributed by atoms with van der Waals surface area (Å²) in [6, 6.07) is 31.5. The molecule has 5 rings (SSSR count). The SMILES string of the molecule is O=C1C(=Cc2ccc(OCc3ccccc3)c(Br)c2)C(=O)N(c2ccccc2)C(=O)N1c1ccccc1. The van der Waals surface area contributed by atoms with Crippen molar-refractivity contribution in [2.75, 3.05) is 9.80 Å². The summed E-state index contributed by atoms with van der Waals surface area (Å²) in [5.41, 5.74) is 2.26. The zero-order chi connectivity index (χ0) is 25.8. The van der Waals surface area contributed by atoms with Crippen molar-refractivity contribution in [3.05, 3.63) is 130 Å². The van der Waals surface area contributed by atoms with Crippen molar-refractivity contribution in [3.8, 4) is 5.75 Å². The molecule has 37 heavy (non-hydrogen) atoms. The minimum absolute atomic E-state index is 0.128. The van der Waals surface area contributed by atoms with E-state index in [0.717, 1.165) is 15.4 Å². The number of barbiturate groups is 1. The van der Waals surface area contributed by atoms with Gasteiger partial charge in [-0.3, -0.25) is 9.59 Å². The predicted molar refractivity (Wildman–Crippen MR) is 146 cm³/mol. The molecular formula is C30H21BrN2O4. The lowest BCUT2D eigenvalue weighted by molar-refractivity contribution is -0.121. The van der Waals surface area contributed by atoms with E-state index in [4.69, 9.17) is 4.74 Å². The number of anilines is 2. The van der Waals surface area contributed by atoms with Gasteiger partial charge in [-0.1, -0.05) is 72.8 Å². The van der Waals surface area contributed by atoms with E-state index in [9.17, 15) is 14.4 Å². The number of para-hydroxylation sites is 2. The molecule has 1 aliphatic rings. The minimum atomic E-state index is -0.726. The molecule has 182 valence electrons. The van der Waals surface area contributed by atoms with Gasteiger partial charge >= 0.3 is 6.03 Å². The van der Waals surface area contributed by atoms with Crippen LogP contribution in [0.15, 0.2) is 119 Å². The van der Waals surface area contributed by atoms with Crippen molar-refractivity contribution in [1.29, 1.82) is 0 Å². The van der Waals surface area contributed by atoms with Crippen LogP contribution in [0.25, 0.3) is 6.08 Å². The Morgan fingerprint density at radius 2 is 1.19 bits per heavy atom. The van der Waals surface area contributed by atoms with E-state index in [-0.39, 0.29) is 5.57 Å². The number of urea groups is 1. The molecule has 7 heteroatoms. The van der Waals surface area contributed by atoms with Crippen molar-refractivity contribution >= 4 is 51.2 Å². The fourth-order valence-electron chi connectivity index (χ4n) is 3.97. The third kappa shape index (κ3) is 5.08. The van der Waals surface area contributed by atoms with E-state index in [1.165, 1.54) is 6.08 Å². The number of carbonyl (C=O) groups excluding carboxylic acids is 3. The van der Waals surface area contributed by atoms with Crippen molar-refractivity contribution in [3.63, 3.8) is 0 Å². The second kappa shape index (κ2) is 10.6. The molecule has 6 nitrogen and oxygen atoms in total. The smallest absolute Gasteiger partial charge is 0.343 e. The number of amides is 4. The number of halogens is 1. The summed E-state index contributed by atoms with van der Waals surface area (Å²) in [7, 11) is 0. The van der Waals surface area contributed by atoms with Gasteiger partial charge in [-0.2, -0.15) is 0 Å². The predicted octanol–water partition coefficient (Wildman–Crippen LogP) is 6.61. The third-order valence-corrected chi connectivity index (χ3v) is 6.40. The highest BCUT2D eigenvalue weighted by Crippen LogP contribution is 2.31. The second-order valence-corrected chi connectivity index (χ2v) is 9.11. The zero-order valence-electron chi connectivity index (χ0n) is 19.6. The van der Waals surface area contributed by atoms with Crippen LogP contribution in [0.5, 0.6) is 5.75 Å². The number of benzene rings is 4. The molecular weight excluding hydrogens is 532 g/mol. The quantitative estimate of drug-likeness (QED) is 0.199. The topological polar surface area (TPSA) is 66.9 Å². The Balaban J connectivity index is 1.49. The Morgan fingerprint density at radius 3 is 1.70 bits per heavy atom. The van der Waals surface area contributed by atoms with E-state index in [1.807, 2.05) is 30.3 Å². The van der Waals surface area contributed by atoms with Gasteiger partial charge in [0.05, 0.1) is 15.8 Å². The summed E-state index contributed by atoms with van der Waals surface area (Å²) in [5.74, 6) is -0.748. The monoisotopic (exact) mass is 552 g/mol. The fourth-order valence-corrected chi connectivity index (χ4v) is 4.48. The van der Waals surface area contributed by atoms with E-state index in [2.05, 4.69) is 15.9 Å². The molecule has 0 atom stereocenters. The van der Waals surface area contributed by atoms with Crippen LogP contribution in [0, 0.1) is 0 Å². The van der Waals surface area contributed by atoms with Gasteiger partial charge in [0.1, 0.15) is 17.9 Å². The molecule has 1 fully saturated rings. The van der Waals surface area contributed by atoms with Crippen LogP contribution in [-0.2, 0) is 16.2 Å². The molecule has 4 aromatic carbocycles. The molecule has 0 N–H and O–H groups in total. The van der Waals surface area contributed by atoms with Crippen LogP contribution >= 0.6 is 15.9 Å². The van der Waals surface area contributed by atoms with Gasteiger partial charge in [0.15, 0.2) is 0 Å². The highest BCUT2D eigenvalue weighted by Gasteiger charge is 2.43. The molecule has 0 radical (unpaired) electrons. The van der Waals surface area contributed by atoms with Crippen molar-refractivity contribution in [2.24, 2.45) is 0 Å². The molecule has 0 spiro atoms. The van der Waals surface area contributed by atoms with Crippen LogP contribution in [0.4, 0.5) is 16.2 Å². The summed E-state index contributed by atoms with van der Waals surface area (Å²) in [6.07, 6.45) is 1.49. The first-order valence-corrected chi connectivity index (χ1v) is 12.3. The van der Waals surface area contributed by atoms with E-state index in [0.29, 0.717) is 33.8 Å². The molecule has 4 amide bonds. The molecule has 1 heterocycles. The van der Waals surface area contributed by atoms with Gasteiger partial charge in [-0.25, -0.2) is 14.6 Å². The first kappa shape index (κ1) is 24.2. The average Bonchev–Trinajstić information content (AvgIpc) is 2.92. The van der Waals surface area contributed by atoms with Crippen LogP contribution in [0.1, 0.15) is 11.1 Å². The molecule has 4 aromatic rings. The van der Waals surface area contributed by atoms with Crippen molar-refractivity contribution in [1.82, 2.24) is 0 Å². The maximum absolute atomic E-state index is 13.5. The molecule has 0 aromatic heterocycles. The Labute approximate surface area is 222 Å². The van der Waals surface area contributed by atoms with Gasteiger partial charge in [0, 0.05) is 0 Å². The molecule has 0 saturated carbocycles. The zero-order valence-corrected chi connectivity index (χ0v) is 21.2. The fraction of sp³-hybridized carbons (Fsp3) is 0.0333. The number of imide groups is 2. The van der Waals surface area contributed by atoms with E-state index < -0.39 is 17.8 Å². The van der Waals surface area contributed by atoms with E-state index >= 15 is 0 Å². The standard InChI is InChI=1S/C30H21BrN2O4/c31-26-19-22(16-17-27(26)37-20-21-10-4-1-5-11-21)18-25-28(34)32(23-12-6-2-7-13-23)30(36)33(29(25)35)24-14-8-3-9-15-24/h1-19H,20H2. The lowest BCUT2D eigenvalue weighted by Crippen LogP contribution is -2.57. The third-order valence-electron chi connectivity index (χ3n) is 5.78. The summed E-state index contributed by atoms with van der Waals surface area (Å²) >= 11 is 3.52. The Bertz CT molecular complexity index is 1420. The Morgan fingerprint density at radius 1 is 0.676 bits per heavy atom. The minimum Gasteiger partial charge on any atom is -0.488 e. The Hall–Kier alpha value is -4.49. The van der Waals surface area contributed by atoms with Crippen LogP contribution in [0.3, 0.4) is 0 Å². The van der Waals surface area contributed by atoms with Crippen LogP contribution < -0.4 is 14.5 Å². The molecule has 1 saturated heterocycles.